The lowest BCUT2D eigenvalue weighted by atomic mass is 10.1. The van der Waals surface area contributed by atoms with E-state index in [0.717, 1.165) is 44.9 Å². The van der Waals surface area contributed by atoms with Crippen LogP contribution in [0.25, 0.3) is 0 Å². The molecule has 314 valence electrons. The number of amides is 1. The smallest absolute Gasteiger partial charge is 0.328 e. The van der Waals surface area contributed by atoms with E-state index in [1.807, 2.05) is 0 Å². The molecule has 0 rings (SSSR count). The summed E-state index contributed by atoms with van der Waals surface area (Å²) in [5.74, 6) is -1.68. The molecule has 0 saturated carbocycles. The number of nitrogens with two attached hydrogens (primary N) is 1. The van der Waals surface area contributed by atoms with Crippen LogP contribution in [0.1, 0.15) is 162 Å². The van der Waals surface area contributed by atoms with Crippen molar-refractivity contribution in [3.05, 3.63) is 0 Å². The molecule has 1 amide bonds. The molecule has 3 atom stereocenters. The maximum Gasteiger partial charge on any atom is 0.328 e. The first kappa shape index (κ1) is 51.3. The third-order valence-corrected chi connectivity index (χ3v) is 10.3. The lowest BCUT2D eigenvalue weighted by Crippen LogP contribution is -2.44. The summed E-state index contributed by atoms with van der Waals surface area (Å²) in [6.07, 6.45) is 15.1. The molecule has 0 saturated heterocycles. The number of hydrogen-bond donors (Lipinski definition) is 4. The van der Waals surface area contributed by atoms with E-state index in [2.05, 4.69) is 19.2 Å². The van der Waals surface area contributed by atoms with Gasteiger partial charge in [-0.05, 0) is 19.3 Å². The van der Waals surface area contributed by atoms with Crippen molar-refractivity contribution < 1.29 is 56.5 Å². The lowest BCUT2D eigenvalue weighted by molar-refractivity contribution is -0.159. The minimum Gasteiger partial charge on any atom is -0.462 e. The number of nitrogens with one attached hydrogen (secondary N) is 1. The zero-order valence-corrected chi connectivity index (χ0v) is 33.7. The topological polar surface area (TPSA) is 184 Å². The van der Waals surface area contributed by atoms with Crippen LogP contribution in [0.4, 0.5) is 8.78 Å². The summed E-state index contributed by atoms with van der Waals surface area (Å²) in [7, 11) is -4.83. The number of unbranched alkanes of at least 4 members (excludes halogenated alkanes) is 16. The molecule has 53 heavy (non-hydrogen) atoms. The van der Waals surface area contributed by atoms with Gasteiger partial charge in [0.15, 0.2) is 0 Å². The zero-order chi connectivity index (χ0) is 39.6. The van der Waals surface area contributed by atoms with Crippen LogP contribution in [0.5, 0.6) is 0 Å². The van der Waals surface area contributed by atoms with Gasteiger partial charge in [0.1, 0.15) is 12.7 Å². The van der Waals surface area contributed by atoms with Gasteiger partial charge in [-0.3, -0.25) is 18.9 Å². The van der Waals surface area contributed by atoms with Gasteiger partial charge in [-0.15, -0.1) is 0 Å². The van der Waals surface area contributed by atoms with E-state index in [0.29, 0.717) is 12.8 Å². The van der Waals surface area contributed by atoms with E-state index in [9.17, 15) is 37.5 Å². The molecule has 0 fully saturated rings. The Balaban J connectivity index is 4.99. The molecule has 0 spiro atoms. The third-order valence-electron chi connectivity index (χ3n) is 8.97. The van der Waals surface area contributed by atoms with E-state index in [-0.39, 0.29) is 65.3 Å². The van der Waals surface area contributed by atoms with Crippen molar-refractivity contribution >= 4 is 25.4 Å². The minimum absolute atomic E-state index is 0.0537. The van der Waals surface area contributed by atoms with Crippen LogP contribution in [-0.4, -0.2) is 91.4 Å². The lowest BCUT2D eigenvalue weighted by Gasteiger charge is -2.26. The Kier molecular flexibility index (Phi) is 33.7. The van der Waals surface area contributed by atoms with Crippen molar-refractivity contribution in [3.63, 3.8) is 0 Å². The van der Waals surface area contributed by atoms with Gasteiger partial charge in [-0.25, -0.2) is 8.78 Å². The van der Waals surface area contributed by atoms with E-state index in [4.69, 9.17) is 24.7 Å². The van der Waals surface area contributed by atoms with Gasteiger partial charge in [0, 0.05) is 32.2 Å². The summed E-state index contributed by atoms with van der Waals surface area (Å²) < 4.78 is 58.1. The molecule has 0 bridgehead atoms. The standard InChI is InChI=1S/C38H73F2N2O10P/c1-3-5-7-9-11-13-15-17-19-21-36(43)51-31-32(52-37(44)22-20-18-16-14-12-10-8-6-4-2)29-33(53(46,47)48)30-34(41)38(45)42-24-26-50-28-27-49-25-23-35(39)40/h32-35H,3-31,41H2,1-2H3,(H,42,45)(H2,46,47,48)/t32-,33?,34-/m1/s1. The molecule has 0 aliphatic heterocycles. The summed E-state index contributed by atoms with van der Waals surface area (Å²) in [4.78, 5) is 58.3. The first-order chi connectivity index (χ1) is 25.4. The molecule has 0 aliphatic rings. The van der Waals surface area contributed by atoms with E-state index < -0.39 is 56.1 Å². The highest BCUT2D eigenvalue weighted by molar-refractivity contribution is 7.52. The van der Waals surface area contributed by atoms with Crippen LogP contribution >= 0.6 is 7.60 Å². The fourth-order valence-electron chi connectivity index (χ4n) is 5.76. The van der Waals surface area contributed by atoms with Crippen molar-refractivity contribution in [2.24, 2.45) is 5.73 Å². The van der Waals surface area contributed by atoms with Gasteiger partial charge in [0.2, 0.25) is 12.3 Å². The highest BCUT2D eigenvalue weighted by Crippen LogP contribution is 2.46. The van der Waals surface area contributed by atoms with Crippen molar-refractivity contribution in [3.8, 4) is 0 Å². The predicted molar refractivity (Wildman–Crippen MR) is 203 cm³/mol. The Hall–Kier alpha value is -1.70. The van der Waals surface area contributed by atoms with Gasteiger partial charge in [-0.2, -0.15) is 0 Å². The van der Waals surface area contributed by atoms with Crippen LogP contribution in [0.15, 0.2) is 0 Å². The molecule has 0 heterocycles. The molecule has 0 aliphatic carbocycles. The van der Waals surface area contributed by atoms with Crippen LogP contribution < -0.4 is 11.1 Å². The van der Waals surface area contributed by atoms with Crippen LogP contribution in [-0.2, 0) is 37.9 Å². The fourth-order valence-corrected chi connectivity index (χ4v) is 6.77. The molecular formula is C38H73F2N2O10P. The monoisotopic (exact) mass is 786 g/mol. The molecule has 15 heteroatoms. The normalized spacial score (nSPS) is 13.5. The zero-order valence-electron chi connectivity index (χ0n) is 32.8. The van der Waals surface area contributed by atoms with Crippen LogP contribution in [0.3, 0.4) is 0 Å². The van der Waals surface area contributed by atoms with Crippen molar-refractivity contribution in [2.45, 2.75) is 186 Å². The number of ether oxygens (including phenoxy) is 4. The Morgan fingerprint density at radius 3 is 1.64 bits per heavy atom. The Labute approximate surface area is 317 Å². The van der Waals surface area contributed by atoms with E-state index >= 15 is 0 Å². The second kappa shape index (κ2) is 34.8. The largest absolute Gasteiger partial charge is 0.462 e. The Morgan fingerprint density at radius 1 is 0.679 bits per heavy atom. The quantitative estimate of drug-likeness (QED) is 0.0273. The minimum atomic E-state index is -4.83. The fraction of sp³-hybridized carbons (Fsp3) is 0.921. The molecular weight excluding hydrogens is 713 g/mol. The number of esters is 2. The number of hydrogen-bond acceptors (Lipinski definition) is 9. The average Bonchev–Trinajstić information content (AvgIpc) is 3.10. The third kappa shape index (κ3) is 33.4. The summed E-state index contributed by atoms with van der Waals surface area (Å²) in [5, 5.41) is 2.54. The summed E-state index contributed by atoms with van der Waals surface area (Å²) in [6.45, 7) is 4.30. The maximum absolute atomic E-state index is 12.8. The maximum atomic E-state index is 12.8. The first-order valence-electron chi connectivity index (χ1n) is 20.3. The SMILES string of the molecule is CCCCCCCCCCCC(=O)OC[C@@H](CC(C[C@@H](N)C(=O)NCCOCCOCCC(F)F)P(=O)(O)O)OC(=O)CCCCCCCCCCC. The predicted octanol–water partition coefficient (Wildman–Crippen LogP) is 7.74. The van der Waals surface area contributed by atoms with Crippen LogP contribution in [0, 0.1) is 0 Å². The molecule has 0 radical (unpaired) electrons. The number of rotatable bonds is 38. The number of carbonyl (C=O) groups is 3. The molecule has 0 aromatic heterocycles. The first-order valence-corrected chi connectivity index (χ1v) is 22.0. The van der Waals surface area contributed by atoms with Gasteiger partial charge >= 0.3 is 19.5 Å². The van der Waals surface area contributed by atoms with Gasteiger partial charge in [0.25, 0.3) is 0 Å². The summed E-state index contributed by atoms with van der Waals surface area (Å²) >= 11 is 0. The van der Waals surface area contributed by atoms with Crippen molar-refractivity contribution in [2.75, 3.05) is 39.6 Å². The molecule has 12 nitrogen and oxygen atoms in total. The van der Waals surface area contributed by atoms with E-state index in [1.165, 1.54) is 57.8 Å². The number of halogens is 2. The Morgan fingerprint density at radius 2 is 1.15 bits per heavy atom. The van der Waals surface area contributed by atoms with Gasteiger partial charge in [-0.1, -0.05) is 117 Å². The highest BCUT2D eigenvalue weighted by Gasteiger charge is 2.36. The molecule has 0 aromatic carbocycles. The Bertz CT molecular complexity index is 960. The summed E-state index contributed by atoms with van der Waals surface area (Å²) in [6, 6.07) is -1.29. The van der Waals surface area contributed by atoms with Crippen molar-refractivity contribution in [1.29, 1.82) is 0 Å². The average molecular weight is 787 g/mol. The molecule has 1 unspecified atom stereocenters. The van der Waals surface area contributed by atoms with Gasteiger partial charge in [0.05, 0.1) is 38.1 Å². The second-order valence-electron chi connectivity index (χ2n) is 14.0. The highest BCUT2D eigenvalue weighted by atomic mass is 31.2. The van der Waals surface area contributed by atoms with Crippen molar-refractivity contribution in [1.82, 2.24) is 5.32 Å². The van der Waals surface area contributed by atoms with E-state index in [1.54, 1.807) is 0 Å². The molecule has 5 N–H and O–H groups in total. The molecule has 0 aromatic rings. The van der Waals surface area contributed by atoms with Crippen LogP contribution in [0.2, 0.25) is 0 Å². The number of carbonyl (C=O) groups excluding carboxylic acids is 3. The second-order valence-corrected chi connectivity index (χ2v) is 15.9. The van der Waals surface area contributed by atoms with Gasteiger partial charge < -0.3 is 39.8 Å². The number of alkyl halides is 2. The summed E-state index contributed by atoms with van der Waals surface area (Å²) in [5.41, 5.74) is 4.58.